The first-order chi connectivity index (χ1) is 12.1. The summed E-state index contributed by atoms with van der Waals surface area (Å²) < 4.78 is 6.20. The highest BCUT2D eigenvalue weighted by molar-refractivity contribution is 9.10. The highest BCUT2D eigenvalue weighted by atomic mass is 79.9. The van der Waals surface area contributed by atoms with Gasteiger partial charge in [-0.1, -0.05) is 25.1 Å². The number of aromatic amines is 1. The van der Waals surface area contributed by atoms with Crippen molar-refractivity contribution in [3.8, 4) is 5.75 Å². The maximum Gasteiger partial charge on any atom is 0.258 e. The maximum atomic E-state index is 12.2. The second kappa shape index (κ2) is 7.80. The number of hydrogen-bond acceptors (Lipinski definition) is 4. The van der Waals surface area contributed by atoms with E-state index in [-0.39, 0.29) is 5.56 Å². The summed E-state index contributed by atoms with van der Waals surface area (Å²) in [5, 5.41) is 0.619. The van der Waals surface area contributed by atoms with Crippen LogP contribution >= 0.6 is 15.9 Å². The van der Waals surface area contributed by atoms with Crippen molar-refractivity contribution in [2.24, 2.45) is 0 Å². The number of methoxy groups -OCH3 is 1. The smallest absolute Gasteiger partial charge is 0.258 e. The summed E-state index contributed by atoms with van der Waals surface area (Å²) in [5.41, 5.74) is 1.80. The molecule has 0 amide bonds. The molecule has 0 aliphatic carbocycles. The van der Waals surface area contributed by atoms with E-state index in [1.807, 2.05) is 30.3 Å². The summed E-state index contributed by atoms with van der Waals surface area (Å²) in [7, 11) is 1.65. The third-order valence-corrected chi connectivity index (χ3v) is 4.72. The number of aromatic nitrogens is 2. The lowest BCUT2D eigenvalue weighted by atomic mass is 10.2. The van der Waals surface area contributed by atoms with Gasteiger partial charge in [0.25, 0.3) is 5.56 Å². The standard InChI is InChI=1S/C19H20BrN3O2/c1-3-23(11-13-8-9-17(25-2)15(20)10-13)12-18-21-16-7-5-4-6-14(16)19(24)22-18/h4-10H,3,11-12H2,1-2H3,(H,21,22,24). The van der Waals surface area contributed by atoms with Crippen LogP contribution in [0.2, 0.25) is 0 Å². The number of nitrogens with one attached hydrogen (secondary N) is 1. The van der Waals surface area contributed by atoms with Crippen LogP contribution in [0.5, 0.6) is 5.75 Å². The van der Waals surface area contributed by atoms with Crippen molar-refractivity contribution in [2.75, 3.05) is 13.7 Å². The number of hydrogen-bond donors (Lipinski definition) is 1. The normalized spacial score (nSPS) is 11.2. The van der Waals surface area contributed by atoms with Gasteiger partial charge in [0.05, 0.1) is 29.0 Å². The lowest BCUT2D eigenvalue weighted by Crippen LogP contribution is -2.25. The predicted octanol–water partition coefficient (Wildman–Crippen LogP) is 3.72. The van der Waals surface area contributed by atoms with Crippen molar-refractivity contribution >= 4 is 26.8 Å². The number of fused-ring (bicyclic) bond motifs is 1. The molecule has 0 atom stereocenters. The van der Waals surface area contributed by atoms with Gasteiger partial charge in [-0.2, -0.15) is 0 Å². The molecule has 0 aliphatic heterocycles. The van der Waals surface area contributed by atoms with E-state index in [9.17, 15) is 4.79 Å². The number of nitrogens with zero attached hydrogens (tertiary/aromatic N) is 2. The first-order valence-electron chi connectivity index (χ1n) is 8.13. The second-order valence-electron chi connectivity index (χ2n) is 5.80. The van der Waals surface area contributed by atoms with Gasteiger partial charge in [-0.3, -0.25) is 9.69 Å². The molecule has 0 spiro atoms. The summed E-state index contributed by atoms with van der Waals surface area (Å²) in [6, 6.07) is 13.4. The Bertz CT molecular complexity index is 939. The van der Waals surface area contributed by atoms with E-state index < -0.39 is 0 Å². The van der Waals surface area contributed by atoms with E-state index in [0.717, 1.165) is 34.4 Å². The van der Waals surface area contributed by atoms with Gasteiger partial charge in [0.1, 0.15) is 11.6 Å². The Balaban J connectivity index is 1.80. The number of para-hydroxylation sites is 1. The van der Waals surface area contributed by atoms with E-state index in [0.29, 0.717) is 17.8 Å². The zero-order valence-corrected chi connectivity index (χ0v) is 15.8. The molecular weight excluding hydrogens is 382 g/mol. The fraction of sp³-hybridized carbons (Fsp3) is 0.263. The lowest BCUT2D eigenvalue weighted by Gasteiger charge is -2.20. The van der Waals surface area contributed by atoms with Gasteiger partial charge in [0.2, 0.25) is 0 Å². The van der Waals surface area contributed by atoms with Crippen molar-refractivity contribution < 1.29 is 4.74 Å². The molecule has 0 saturated carbocycles. The summed E-state index contributed by atoms with van der Waals surface area (Å²) in [4.78, 5) is 21.9. The van der Waals surface area contributed by atoms with Gasteiger partial charge in [-0.05, 0) is 52.3 Å². The highest BCUT2D eigenvalue weighted by Gasteiger charge is 2.10. The Morgan fingerprint density at radius 3 is 2.72 bits per heavy atom. The topological polar surface area (TPSA) is 58.2 Å². The summed E-state index contributed by atoms with van der Waals surface area (Å²) >= 11 is 3.52. The molecule has 2 aromatic carbocycles. The van der Waals surface area contributed by atoms with Gasteiger partial charge in [0, 0.05) is 6.54 Å². The van der Waals surface area contributed by atoms with E-state index in [4.69, 9.17) is 4.74 Å². The van der Waals surface area contributed by atoms with Crippen LogP contribution in [0.25, 0.3) is 10.9 Å². The zero-order valence-electron chi connectivity index (χ0n) is 14.3. The first kappa shape index (κ1) is 17.6. The molecule has 25 heavy (non-hydrogen) atoms. The van der Waals surface area contributed by atoms with E-state index in [1.165, 1.54) is 0 Å². The van der Waals surface area contributed by atoms with Crippen LogP contribution in [0.4, 0.5) is 0 Å². The second-order valence-corrected chi connectivity index (χ2v) is 6.66. The van der Waals surface area contributed by atoms with Crippen molar-refractivity contribution in [1.29, 1.82) is 0 Å². The third kappa shape index (κ3) is 4.08. The van der Waals surface area contributed by atoms with Crippen LogP contribution in [-0.4, -0.2) is 28.5 Å². The Labute approximate surface area is 154 Å². The Hall–Kier alpha value is -2.18. The van der Waals surface area contributed by atoms with Crippen molar-refractivity contribution in [2.45, 2.75) is 20.0 Å². The molecule has 130 valence electrons. The monoisotopic (exact) mass is 401 g/mol. The van der Waals surface area contributed by atoms with Crippen LogP contribution < -0.4 is 10.3 Å². The van der Waals surface area contributed by atoms with E-state index in [2.05, 4.69) is 43.8 Å². The predicted molar refractivity (Wildman–Crippen MR) is 103 cm³/mol. The molecule has 6 heteroatoms. The third-order valence-electron chi connectivity index (χ3n) is 4.10. The van der Waals surface area contributed by atoms with Gasteiger partial charge in [0.15, 0.2) is 0 Å². The number of rotatable bonds is 6. The van der Waals surface area contributed by atoms with Gasteiger partial charge < -0.3 is 9.72 Å². The number of benzene rings is 2. The molecule has 5 nitrogen and oxygen atoms in total. The molecular formula is C19H20BrN3O2. The number of H-pyrrole nitrogens is 1. The van der Waals surface area contributed by atoms with E-state index >= 15 is 0 Å². The average molecular weight is 402 g/mol. The summed E-state index contributed by atoms with van der Waals surface area (Å²) in [6.07, 6.45) is 0. The minimum absolute atomic E-state index is 0.0937. The molecule has 1 heterocycles. The molecule has 0 saturated heterocycles. The highest BCUT2D eigenvalue weighted by Crippen LogP contribution is 2.26. The molecule has 0 radical (unpaired) electrons. The van der Waals surface area contributed by atoms with Crippen molar-refractivity contribution in [1.82, 2.24) is 14.9 Å². The molecule has 0 bridgehead atoms. The first-order valence-corrected chi connectivity index (χ1v) is 8.92. The fourth-order valence-corrected chi connectivity index (χ4v) is 3.36. The van der Waals surface area contributed by atoms with Crippen LogP contribution in [-0.2, 0) is 13.1 Å². The van der Waals surface area contributed by atoms with Crippen LogP contribution in [0.3, 0.4) is 0 Å². The van der Waals surface area contributed by atoms with Gasteiger partial charge in [-0.25, -0.2) is 4.98 Å². The largest absolute Gasteiger partial charge is 0.496 e. The maximum absolute atomic E-state index is 12.2. The Kier molecular flexibility index (Phi) is 5.50. The van der Waals surface area contributed by atoms with Gasteiger partial charge >= 0.3 is 0 Å². The molecule has 0 aliphatic rings. The summed E-state index contributed by atoms with van der Waals surface area (Å²) in [5.74, 6) is 1.49. The lowest BCUT2D eigenvalue weighted by molar-refractivity contribution is 0.264. The van der Waals surface area contributed by atoms with Crippen molar-refractivity contribution in [3.63, 3.8) is 0 Å². The quantitative estimate of drug-likeness (QED) is 0.683. The fourth-order valence-electron chi connectivity index (χ4n) is 2.77. The van der Waals surface area contributed by atoms with Crippen LogP contribution in [0.1, 0.15) is 18.3 Å². The SMILES string of the molecule is CCN(Cc1ccc(OC)c(Br)c1)Cc1nc2ccccc2c(=O)[nH]1. The molecule has 1 aromatic heterocycles. The summed E-state index contributed by atoms with van der Waals surface area (Å²) in [6.45, 7) is 4.29. The molecule has 1 N–H and O–H groups in total. The Morgan fingerprint density at radius 2 is 2.00 bits per heavy atom. The van der Waals surface area contributed by atoms with Crippen molar-refractivity contribution in [3.05, 3.63) is 68.7 Å². The molecule has 0 unspecified atom stereocenters. The van der Waals surface area contributed by atoms with Gasteiger partial charge in [-0.15, -0.1) is 0 Å². The van der Waals surface area contributed by atoms with Crippen LogP contribution in [0, 0.1) is 0 Å². The zero-order chi connectivity index (χ0) is 17.8. The molecule has 3 rings (SSSR count). The Morgan fingerprint density at radius 1 is 1.20 bits per heavy atom. The number of halogens is 1. The minimum atomic E-state index is -0.0937. The minimum Gasteiger partial charge on any atom is -0.496 e. The molecule has 0 fully saturated rings. The van der Waals surface area contributed by atoms with E-state index in [1.54, 1.807) is 13.2 Å². The average Bonchev–Trinajstić information content (AvgIpc) is 2.61. The number of ether oxygens (including phenoxy) is 1. The molecule has 3 aromatic rings. The van der Waals surface area contributed by atoms with Crippen LogP contribution in [0.15, 0.2) is 51.7 Å².